The number of nitrogens with zero attached hydrogens (tertiary/aromatic N) is 2. The van der Waals surface area contributed by atoms with Gasteiger partial charge in [-0.1, -0.05) is 123 Å². The average Bonchev–Trinajstić information content (AvgIpc) is 0.997. The number of carboxylic acids is 2. The number of hydrogen-bond acceptors (Lipinski definition) is 26. The van der Waals surface area contributed by atoms with Crippen LogP contribution in [-0.4, -0.2) is 212 Å². The Bertz CT molecular complexity index is 3040. The molecule has 0 spiro atoms. The van der Waals surface area contributed by atoms with Crippen LogP contribution < -0.4 is 0 Å². The number of amides is 2. The Kier molecular flexibility index (Phi) is 60.2. The minimum absolute atomic E-state index is 0.0233. The first-order chi connectivity index (χ1) is 52.5. The molecule has 4 N–H and O–H groups in total. The van der Waals surface area contributed by atoms with E-state index in [0.717, 1.165) is 38.3 Å². The first-order valence-corrected chi connectivity index (χ1v) is 38.3. The lowest BCUT2D eigenvalue weighted by Gasteiger charge is -2.40. The van der Waals surface area contributed by atoms with Gasteiger partial charge in [-0.15, -0.1) is 0 Å². The first kappa shape index (κ1) is 114. The third-order valence-corrected chi connectivity index (χ3v) is 15.7. The van der Waals surface area contributed by atoms with Crippen LogP contribution >= 0.6 is 0 Å². The Hall–Kier alpha value is -9.06. The number of carboxylic acid groups (broad SMARTS) is 2. The van der Waals surface area contributed by atoms with E-state index in [0.29, 0.717) is 55.3 Å². The zero-order valence-corrected chi connectivity index (χ0v) is 72.7. The predicted molar refractivity (Wildman–Crippen MR) is 428 cm³/mol. The number of rotatable bonds is 41. The summed E-state index contributed by atoms with van der Waals surface area (Å²) < 4.78 is 50.7. The molecule has 0 aromatic heterocycles. The van der Waals surface area contributed by atoms with E-state index in [1.807, 2.05) is 83.1 Å². The number of likely N-dealkylation sites (tertiary alicyclic amines) is 2. The lowest BCUT2D eigenvalue weighted by atomic mass is 9.68. The molecule has 30 nitrogen and oxygen atoms in total. The molecule has 8 atom stereocenters. The van der Waals surface area contributed by atoms with Crippen LogP contribution in [0.25, 0.3) is 0 Å². The molecule has 2 saturated heterocycles. The highest BCUT2D eigenvalue weighted by molar-refractivity contribution is 5.92. The SMILES string of the molecule is C=C(C)C(=O)OC.C=C(C)C(=O)OCC(C)C.C=C(C)C(=O)OCC(C)O.C=CC(=O)O.C=CN1CCCC1=O.CC(C)COC(=O)/C=C/C(=O)OCC(C)C.COC(=O)C(C)(CC(CC(CC(C)(CC(C(=O)OCC(C)C)C(C)C(=O)OCC(C)C)C(=O)OCC(C)C)N1CCCC1=O)C(=O)O)CC(C)(C)C(=O)OCC(C)O. The van der Waals surface area contributed by atoms with Crippen LogP contribution in [0.15, 0.2) is 74.0 Å². The molecule has 0 radical (unpaired) electrons. The summed E-state index contributed by atoms with van der Waals surface area (Å²) in [5.74, 6) is -10.5. The minimum Gasteiger partial charge on any atom is -0.481 e. The number of carbonyl (C=O) groups is 14. The predicted octanol–water partition coefficient (Wildman–Crippen LogP) is 11.5. The summed E-state index contributed by atoms with van der Waals surface area (Å²) in [5, 5.41) is 36.7. The van der Waals surface area contributed by atoms with E-state index in [-0.39, 0.29) is 131 Å². The van der Waals surface area contributed by atoms with Crippen molar-refractivity contribution < 1.29 is 135 Å². The Morgan fingerprint density at radius 1 is 0.465 bits per heavy atom. The molecule has 2 aliphatic heterocycles. The fraction of sp³-hybridized carbons (Fsp3) is 0.690. The molecule has 114 heavy (non-hydrogen) atoms. The summed E-state index contributed by atoms with van der Waals surface area (Å²) in [4.78, 5) is 171. The maximum atomic E-state index is 14.3. The molecule has 2 rings (SSSR count). The van der Waals surface area contributed by atoms with Gasteiger partial charge in [-0.25, -0.2) is 28.8 Å². The molecule has 0 saturated carbocycles. The van der Waals surface area contributed by atoms with Crippen LogP contribution in [0.3, 0.4) is 0 Å². The van der Waals surface area contributed by atoms with Gasteiger partial charge in [0.05, 0.1) is 100 Å². The van der Waals surface area contributed by atoms with Gasteiger partial charge in [0.2, 0.25) is 11.8 Å². The molecular formula is C84H140N2O28. The van der Waals surface area contributed by atoms with Crippen LogP contribution in [0.4, 0.5) is 0 Å². The second-order valence-electron chi connectivity index (χ2n) is 31.9. The standard InChI is InChI=1S/C43H73NO14.C12H20O4.C8H14O2.C7H12O3.C6H9NO.C5H8O2.C3H4O2/c1-26(2)21-55-36(49)30(8)33(37(50)56-22-27(3)4)20-42(11,40(53)57-23-28(5)6)19-32(44-16-14-15-34(44)46)17-31(35(47)48)18-43(12,39(52)54-13)25-41(9,10)38(51)58-24-29(7)45;1-9(2)7-15-11(13)5-6-12(14)16-8-10(3)4;1-6(2)5-10-8(9)7(3)4;1-5(2)7(9)10-4-6(3)8;1-2-7-5-3-4-6(7)8;1-4(2)5(6)7-3;1-2-3(4)5/h26-33,45H,14-25H2,1-13H3,(H,47,48);5-6,9-10H,7-8H2,1-4H3;6H,3,5H2,1-2,4H3;6,8H,1,4H2,2-3H3;2H,1,3-5H2;1H2,2-3H3;2H,1H2,(H,4,5)/b;6-5+;;;;;. The molecule has 8 unspecified atom stereocenters. The van der Waals surface area contributed by atoms with Crippen LogP contribution in [0, 0.1) is 69.5 Å². The molecule has 654 valence electrons. The van der Waals surface area contributed by atoms with E-state index >= 15 is 0 Å². The maximum Gasteiger partial charge on any atom is 0.333 e. The largest absolute Gasteiger partial charge is 0.481 e. The van der Waals surface area contributed by atoms with Gasteiger partial charge in [0.15, 0.2) is 0 Å². The summed E-state index contributed by atoms with van der Waals surface area (Å²) in [6.07, 6.45) is 4.38. The van der Waals surface area contributed by atoms with Crippen LogP contribution in [0.2, 0.25) is 0 Å². The van der Waals surface area contributed by atoms with Crippen LogP contribution in [0.1, 0.15) is 210 Å². The van der Waals surface area contributed by atoms with Gasteiger partial charge in [-0.2, -0.15) is 0 Å². The number of aliphatic hydroxyl groups excluding tert-OH is 2. The molecule has 0 aromatic carbocycles. The lowest BCUT2D eigenvalue weighted by Crippen LogP contribution is -2.47. The van der Waals surface area contributed by atoms with Crippen LogP contribution in [-0.2, 0) is 114 Å². The van der Waals surface area contributed by atoms with Crippen molar-refractivity contribution in [1.29, 1.82) is 0 Å². The average molecular weight is 1630 g/mol. The normalized spacial score (nSPS) is 14.8. The zero-order chi connectivity index (χ0) is 89.7. The van der Waals surface area contributed by atoms with E-state index in [4.69, 9.17) is 48.1 Å². The van der Waals surface area contributed by atoms with Gasteiger partial charge in [-0.3, -0.25) is 38.4 Å². The molecule has 0 aliphatic carbocycles. The van der Waals surface area contributed by atoms with Crippen molar-refractivity contribution in [3.63, 3.8) is 0 Å². The van der Waals surface area contributed by atoms with Crippen molar-refractivity contribution in [3.05, 3.63) is 74.0 Å². The maximum absolute atomic E-state index is 14.3. The van der Waals surface area contributed by atoms with E-state index in [1.165, 1.54) is 21.0 Å². The number of aliphatic hydroxyl groups is 2. The third-order valence-electron chi connectivity index (χ3n) is 15.7. The molecule has 0 bridgehead atoms. The summed E-state index contributed by atoms with van der Waals surface area (Å²) in [6.45, 7) is 57.4. The number of aliphatic carboxylic acids is 2. The molecule has 2 aliphatic rings. The molecule has 2 heterocycles. The van der Waals surface area contributed by atoms with Gasteiger partial charge < -0.3 is 77.6 Å². The third kappa shape index (κ3) is 55.4. The summed E-state index contributed by atoms with van der Waals surface area (Å²) in [5.41, 5.74) is -3.16. The Morgan fingerprint density at radius 2 is 0.842 bits per heavy atom. The van der Waals surface area contributed by atoms with Gasteiger partial charge in [0.25, 0.3) is 0 Å². The number of carbonyl (C=O) groups excluding carboxylic acids is 12. The molecule has 2 fully saturated rings. The van der Waals surface area contributed by atoms with Crippen molar-refractivity contribution in [3.8, 4) is 0 Å². The second kappa shape index (κ2) is 60.5. The summed E-state index contributed by atoms with van der Waals surface area (Å²) in [6, 6.07) is -0.894. The number of hydrogen-bond donors (Lipinski definition) is 4. The second-order valence-corrected chi connectivity index (χ2v) is 31.9. The summed E-state index contributed by atoms with van der Waals surface area (Å²) >= 11 is 0. The molecule has 2 amide bonds. The highest BCUT2D eigenvalue weighted by atomic mass is 16.6. The van der Waals surface area contributed by atoms with Gasteiger partial charge in [-0.05, 0) is 149 Å². The topological polar surface area (TPSA) is 419 Å². The Balaban J connectivity index is -0.000000556. The fourth-order valence-corrected chi connectivity index (χ4v) is 9.92. The van der Waals surface area contributed by atoms with Crippen LogP contribution in [0.5, 0.6) is 0 Å². The molecule has 30 heteroatoms. The first-order valence-electron chi connectivity index (χ1n) is 38.3. The quantitative estimate of drug-likeness (QED) is 0.0251. The Morgan fingerprint density at radius 3 is 1.18 bits per heavy atom. The van der Waals surface area contributed by atoms with Crippen molar-refractivity contribution in [2.75, 3.05) is 80.2 Å². The lowest BCUT2D eigenvalue weighted by molar-refractivity contribution is -0.168. The van der Waals surface area contributed by atoms with Gasteiger partial charge in [0, 0.05) is 66.9 Å². The van der Waals surface area contributed by atoms with E-state index in [9.17, 15) is 77.3 Å². The van der Waals surface area contributed by atoms with E-state index < -0.39 is 112 Å². The highest BCUT2D eigenvalue weighted by Crippen LogP contribution is 2.45. The van der Waals surface area contributed by atoms with E-state index in [1.54, 1.807) is 71.4 Å². The Labute approximate surface area is 677 Å². The van der Waals surface area contributed by atoms with Crippen molar-refractivity contribution in [1.82, 2.24) is 9.80 Å². The highest BCUT2D eigenvalue weighted by Gasteiger charge is 2.50. The number of esters is 10. The van der Waals surface area contributed by atoms with Crippen molar-refractivity contribution in [2.45, 2.75) is 228 Å². The van der Waals surface area contributed by atoms with Crippen molar-refractivity contribution in [2.24, 2.45) is 69.5 Å². The summed E-state index contributed by atoms with van der Waals surface area (Å²) in [7, 11) is 2.49. The van der Waals surface area contributed by atoms with Gasteiger partial charge in [0.1, 0.15) is 13.2 Å². The van der Waals surface area contributed by atoms with E-state index in [2.05, 4.69) is 42.4 Å². The van der Waals surface area contributed by atoms with Gasteiger partial charge >= 0.3 is 71.6 Å². The number of ether oxygens (including phenoxy) is 10. The minimum atomic E-state index is -1.55. The number of methoxy groups -OCH3 is 2. The fourth-order valence-electron chi connectivity index (χ4n) is 9.92. The zero-order valence-electron chi connectivity index (χ0n) is 72.7. The smallest absolute Gasteiger partial charge is 0.333 e. The molecular weight excluding hydrogens is 1480 g/mol. The molecule has 0 aromatic rings. The monoisotopic (exact) mass is 1620 g/mol. The van der Waals surface area contributed by atoms with Crippen molar-refractivity contribution >= 4 is 83.4 Å².